The topological polar surface area (TPSA) is 605 Å². The van der Waals surface area contributed by atoms with E-state index >= 15 is 0 Å². The smallest absolute Gasteiger partial charge is 0.108 e. The number of hydrogen-bond donors (Lipinski definition) is 31. The van der Waals surface area contributed by atoms with Crippen LogP contribution in [-0.4, -0.2) is 635 Å². The highest BCUT2D eigenvalue weighted by molar-refractivity contribution is 8.06. The molecular formula is C97H233N23O23S7. The van der Waals surface area contributed by atoms with E-state index in [0.717, 1.165) is 351 Å². The van der Waals surface area contributed by atoms with Crippen LogP contribution >= 0.6 is 82.3 Å². The Bertz CT molecular complexity index is 1520. The largest absolute Gasteiger partial charge is 0.394 e. The van der Waals surface area contributed by atoms with Gasteiger partial charge in [-0.1, -0.05) is 14.9 Å². The molecule has 0 atom stereocenters. The lowest BCUT2D eigenvalue weighted by Gasteiger charge is -2.11. The first kappa shape index (κ1) is 166. The highest BCUT2D eigenvalue weighted by Gasteiger charge is 2.05. The third-order valence-corrected chi connectivity index (χ3v) is 26.3. The van der Waals surface area contributed by atoms with Gasteiger partial charge >= 0.3 is 0 Å². The molecule has 53 heteroatoms. The van der Waals surface area contributed by atoms with E-state index in [0.29, 0.717) is 125 Å². The molecule has 916 valence electrons. The zero-order chi connectivity index (χ0) is 108. The molecule has 0 saturated carbocycles. The number of hydrogen-bond acceptors (Lipinski definition) is 53. The predicted octanol–water partition coefficient (Wildman–Crippen LogP) is -4.80. The van der Waals surface area contributed by atoms with Crippen molar-refractivity contribution in [2.75, 3.05) is 594 Å². The van der Waals surface area contributed by atoms with Crippen molar-refractivity contribution < 1.29 is 113 Å². The monoisotopic (exact) mass is 2310 g/mol. The molecular weight excluding hydrogens is 2080 g/mol. The Balaban J connectivity index is -0.000000243. The zero-order valence-corrected chi connectivity index (χ0v) is 97.7. The number of thioether (sulfide) groups is 7. The number of nitrogens with one attached hydrogen (secondary N) is 21. The number of rotatable bonds is 32. The van der Waals surface area contributed by atoms with Crippen LogP contribution in [0.25, 0.3) is 0 Å². The second kappa shape index (κ2) is 177. The van der Waals surface area contributed by atoms with Crippen LogP contribution in [0.3, 0.4) is 0 Å². The van der Waals surface area contributed by atoms with Crippen LogP contribution in [0.2, 0.25) is 0 Å². The second-order valence-corrected chi connectivity index (χ2v) is 39.9. The van der Waals surface area contributed by atoms with E-state index in [2.05, 4.69) is 173 Å². The number of aliphatic hydroxyl groups is 6. The van der Waals surface area contributed by atoms with Gasteiger partial charge in [-0.05, 0) is 72.6 Å². The van der Waals surface area contributed by atoms with E-state index < -0.39 is 0 Å². The molecule has 8 heterocycles. The van der Waals surface area contributed by atoms with E-state index in [1.54, 1.807) is 0 Å². The molecule has 8 fully saturated rings. The Morgan fingerprint density at radius 1 is 0.207 bits per heavy atom. The van der Waals surface area contributed by atoms with Crippen molar-refractivity contribution in [2.24, 2.45) is 11.5 Å². The minimum atomic E-state index is -0.125. The molecule has 46 nitrogen and oxygen atoms in total. The highest BCUT2D eigenvalue weighted by Crippen LogP contribution is 2.15. The van der Waals surface area contributed by atoms with Crippen molar-refractivity contribution in [1.82, 2.24) is 112 Å². The highest BCUT2D eigenvalue weighted by atomic mass is 32.2. The molecule has 0 aromatic rings. The maximum Gasteiger partial charge on any atom is 0.108 e. The Morgan fingerprint density at radius 2 is 0.407 bits per heavy atom. The number of likely N-dealkylation sites (N-methyl/N-ethyl adjacent to an activating group) is 2. The van der Waals surface area contributed by atoms with Crippen LogP contribution < -0.4 is 123 Å². The molecule has 33 N–H and O–H groups in total. The Morgan fingerprint density at radius 3 is 0.653 bits per heavy atom. The molecule has 0 aromatic carbocycles. The summed E-state index contributed by atoms with van der Waals surface area (Å²) in [5.41, 5.74) is 10.6. The van der Waals surface area contributed by atoms with Gasteiger partial charge < -0.3 is 215 Å². The minimum Gasteiger partial charge on any atom is -0.394 e. The summed E-state index contributed by atoms with van der Waals surface area (Å²) < 4.78 is 67.3. The van der Waals surface area contributed by atoms with Crippen molar-refractivity contribution in [3.8, 4) is 0 Å². The first-order valence-electron chi connectivity index (χ1n) is 54.3. The molecule has 0 bridgehead atoms. The summed E-state index contributed by atoms with van der Waals surface area (Å²) in [7, 11) is 3.93. The molecule has 0 radical (unpaired) electrons. The minimum absolute atomic E-state index is 0. The molecule has 0 unspecified atom stereocenters. The van der Waals surface area contributed by atoms with E-state index in [1.807, 2.05) is 49.4 Å². The molecule has 8 aliphatic heterocycles. The maximum absolute atomic E-state index is 8.26. The number of aliphatic hydroxyl groups excluding tert-OH is 6. The summed E-state index contributed by atoms with van der Waals surface area (Å²) in [6.07, 6.45) is 3.50. The van der Waals surface area contributed by atoms with Crippen LogP contribution in [0.5, 0.6) is 0 Å². The van der Waals surface area contributed by atoms with Crippen LogP contribution in [0, 0.1) is 0 Å². The quantitative estimate of drug-likeness (QED) is 0.0171. The lowest BCUT2D eigenvalue weighted by atomic mass is 10.3. The van der Waals surface area contributed by atoms with E-state index in [4.69, 9.17) is 109 Å². The number of ether oxygens (including phenoxy) is 13. The van der Waals surface area contributed by atoms with Gasteiger partial charge in [-0.25, -0.2) is 9.78 Å². The van der Waals surface area contributed by atoms with E-state index in [1.165, 1.54) is 70.4 Å². The normalized spacial score (nSPS) is 19.0. The number of nitrogens with two attached hydrogens (primary N) is 2. The zero-order valence-electron chi connectivity index (χ0n) is 92.0. The molecule has 0 amide bonds. The fourth-order valence-electron chi connectivity index (χ4n) is 10.9. The standard InChI is InChI=1S/C10H24N4.C8H20N4.C8H22N4.C8H19N3O.C8H19N3S.C8H17NO2S.C8H16O4.C8H16O3S.C8H16S4.C7H20N4.C6H14O4.C4H10O3.C2H6O4.C2H6O2.2CH4/c1-3-11-7-9-13-5-2-6-14-10-8-12-4-1;1-2-10-5-6-12-8-7-11-4-3-9-1;1-9-3-5-11-7-8-12-6-4-10-2;3*1-3-10-5-7-12-8-6-11-4-2-9-1;1-2-10-5-6-12-8-7-11-4-3-9-1;1-3-10-5-7-12-8-6-11-4-2-9-1;1-2-10-5-6-12-8-7-11-4-3-9-1;8-2-1-4-10-6-7-11-5-3-9;7-1-3-9-5-6-10-4-2-8;5-1-3-7-4-2-6;3-5-1-2-6-4;3-1-2-4;;/h11-14H,1-10H2;9-12H,1-8H2;9-12H,3-8H2,1-2H3;2*9-11H,1-8H2;9H,1-8H2;3*1-8H2;10-11H,1-9H2;7-8H,1-6H2;5-6H,1-4H2;3-4H,1-2H2;3-4H,1-2H2;2*1H4. The summed E-state index contributed by atoms with van der Waals surface area (Å²) in [6, 6.07) is 0. The SMILES string of the molecule is C.C.C1CNCCNCCCNCCNC1.C1CNCCNCCNCCN1.C1CNCCOCCNCCN1.C1CNCCSCCNCCN1.C1COCCOCCOCCO1.C1COCCSCCOCCN1.C1COCCSCCOCCO1.C1CSCCSCCSCCS1.CNCCNCCNCCNC.NCCCNCCNCCN.OCCO.OCCOCCO.OCCOCCOCCO.OOCCOO. The van der Waals surface area contributed by atoms with Crippen molar-refractivity contribution in [3.05, 3.63) is 0 Å². The van der Waals surface area contributed by atoms with Gasteiger partial charge in [-0.15, -0.1) is 0 Å². The summed E-state index contributed by atoms with van der Waals surface area (Å²) in [4.78, 5) is 6.99. The molecule has 0 aromatic heterocycles. The van der Waals surface area contributed by atoms with Gasteiger partial charge in [0.2, 0.25) is 0 Å². The van der Waals surface area contributed by atoms with Crippen LogP contribution in [0.1, 0.15) is 34.1 Å². The summed E-state index contributed by atoms with van der Waals surface area (Å²) in [5.74, 6) is 17.6. The van der Waals surface area contributed by atoms with Gasteiger partial charge in [0.15, 0.2) is 0 Å². The summed E-state index contributed by atoms with van der Waals surface area (Å²) >= 11 is 14.3. The van der Waals surface area contributed by atoms with Gasteiger partial charge in [0.05, 0.1) is 211 Å². The summed E-state index contributed by atoms with van der Waals surface area (Å²) in [6.45, 7) is 60.5. The predicted molar refractivity (Wildman–Crippen MR) is 639 cm³/mol. The van der Waals surface area contributed by atoms with Gasteiger partial charge in [0, 0.05) is 316 Å². The Kier molecular flexibility index (Phi) is 196. The van der Waals surface area contributed by atoms with Crippen LogP contribution in [0.4, 0.5) is 0 Å². The average Bonchev–Trinajstić information content (AvgIpc) is 1.09. The molecule has 8 aliphatic rings. The Hall–Kier alpha value is 0.610. The summed E-state index contributed by atoms with van der Waals surface area (Å²) in [5, 5.41) is 133. The Labute approximate surface area is 940 Å². The lowest BCUT2D eigenvalue weighted by molar-refractivity contribution is -0.296. The van der Waals surface area contributed by atoms with Gasteiger partial charge in [-0.2, -0.15) is 82.3 Å². The average molecular weight is 2310 g/mol. The van der Waals surface area contributed by atoms with Gasteiger partial charge in [0.1, 0.15) is 13.2 Å². The maximum atomic E-state index is 8.26. The van der Waals surface area contributed by atoms with Crippen molar-refractivity contribution in [1.29, 1.82) is 0 Å². The molecule has 8 rings (SSSR count). The molecule has 150 heavy (non-hydrogen) atoms. The van der Waals surface area contributed by atoms with Crippen LogP contribution in [-0.2, 0) is 71.4 Å². The lowest BCUT2D eigenvalue weighted by Crippen LogP contribution is -2.39. The van der Waals surface area contributed by atoms with Crippen molar-refractivity contribution in [2.45, 2.75) is 34.1 Å². The van der Waals surface area contributed by atoms with E-state index in [9.17, 15) is 0 Å². The molecule has 0 spiro atoms. The first-order chi connectivity index (χ1) is 73.5. The first-order valence-corrected chi connectivity index (χ1v) is 62.4. The fraction of sp³-hybridized carbons (Fsp3) is 1.00. The van der Waals surface area contributed by atoms with Crippen molar-refractivity contribution >= 4 is 82.3 Å². The van der Waals surface area contributed by atoms with E-state index in [-0.39, 0.29) is 67.7 Å². The van der Waals surface area contributed by atoms with Gasteiger partial charge in [-0.3, -0.25) is 10.5 Å². The fourth-order valence-corrected chi connectivity index (χ4v) is 17.7. The second-order valence-electron chi connectivity index (χ2n) is 31.4. The third-order valence-electron chi connectivity index (χ3n) is 18.6. The van der Waals surface area contributed by atoms with Gasteiger partial charge in [0.25, 0.3) is 0 Å². The third kappa shape index (κ3) is 190. The van der Waals surface area contributed by atoms with Crippen LogP contribution in [0.15, 0.2) is 0 Å². The molecule has 8 saturated heterocycles. The van der Waals surface area contributed by atoms with Crippen molar-refractivity contribution in [3.63, 3.8) is 0 Å². The molecule has 0 aliphatic carbocycles.